The first kappa shape index (κ1) is 12.1. The highest BCUT2D eigenvalue weighted by molar-refractivity contribution is 7.27. The maximum absolute atomic E-state index is 12.1. The molecule has 0 radical (unpaired) electrons. The summed E-state index contributed by atoms with van der Waals surface area (Å²) in [4.78, 5) is 12.9. The smallest absolute Gasteiger partial charge is 0.261 e. The summed E-state index contributed by atoms with van der Waals surface area (Å²) in [5, 5.41) is 14.9. The van der Waals surface area contributed by atoms with Gasteiger partial charge in [0, 0.05) is 9.40 Å². The predicted molar refractivity (Wildman–Crippen MR) is 75.4 cm³/mol. The summed E-state index contributed by atoms with van der Waals surface area (Å²) in [6.07, 6.45) is 3.43. The van der Waals surface area contributed by atoms with Gasteiger partial charge in [0.25, 0.3) is 5.91 Å². The molecule has 2 aromatic rings. The SMILES string of the molecule is O=C(NC1CCCCC1O)c1cc2sccc2s1. The second kappa shape index (κ2) is 4.99. The lowest BCUT2D eigenvalue weighted by Gasteiger charge is -2.28. The molecule has 96 valence electrons. The van der Waals surface area contributed by atoms with Gasteiger partial charge < -0.3 is 10.4 Å². The molecule has 3 rings (SSSR count). The molecule has 3 nitrogen and oxygen atoms in total. The van der Waals surface area contributed by atoms with E-state index in [1.54, 1.807) is 11.3 Å². The number of aliphatic hydroxyl groups is 1. The lowest BCUT2D eigenvalue weighted by atomic mass is 9.92. The van der Waals surface area contributed by atoms with Gasteiger partial charge in [-0.1, -0.05) is 12.8 Å². The molecule has 2 heterocycles. The highest BCUT2D eigenvalue weighted by Crippen LogP contribution is 2.30. The number of carbonyl (C=O) groups is 1. The van der Waals surface area contributed by atoms with Gasteiger partial charge in [0.15, 0.2) is 0 Å². The van der Waals surface area contributed by atoms with E-state index in [1.807, 2.05) is 17.5 Å². The maximum Gasteiger partial charge on any atom is 0.261 e. The molecule has 1 aliphatic rings. The van der Waals surface area contributed by atoms with Crippen LogP contribution in [0.15, 0.2) is 17.5 Å². The average Bonchev–Trinajstić information content (AvgIpc) is 2.92. The number of rotatable bonds is 2. The van der Waals surface area contributed by atoms with Crippen molar-refractivity contribution >= 4 is 38.0 Å². The molecule has 18 heavy (non-hydrogen) atoms. The minimum atomic E-state index is -0.385. The summed E-state index contributed by atoms with van der Waals surface area (Å²) in [6.45, 7) is 0. The number of fused-ring (bicyclic) bond motifs is 1. The van der Waals surface area contributed by atoms with E-state index in [4.69, 9.17) is 0 Å². The van der Waals surface area contributed by atoms with Crippen molar-refractivity contribution in [2.75, 3.05) is 0 Å². The maximum atomic E-state index is 12.1. The number of thiophene rings is 2. The summed E-state index contributed by atoms with van der Waals surface area (Å²) in [5.74, 6) is -0.0469. The Morgan fingerprint density at radius 1 is 1.33 bits per heavy atom. The van der Waals surface area contributed by atoms with E-state index < -0.39 is 0 Å². The van der Waals surface area contributed by atoms with Crippen LogP contribution in [0.3, 0.4) is 0 Å². The van der Waals surface area contributed by atoms with Crippen molar-refractivity contribution in [1.29, 1.82) is 0 Å². The monoisotopic (exact) mass is 281 g/mol. The summed E-state index contributed by atoms with van der Waals surface area (Å²) in [7, 11) is 0. The molecule has 1 fully saturated rings. The van der Waals surface area contributed by atoms with Crippen LogP contribution in [0.2, 0.25) is 0 Å². The molecule has 2 aromatic heterocycles. The molecule has 1 amide bonds. The van der Waals surface area contributed by atoms with E-state index in [9.17, 15) is 9.90 Å². The third-order valence-electron chi connectivity index (χ3n) is 3.41. The van der Waals surface area contributed by atoms with Crippen LogP contribution in [0.4, 0.5) is 0 Å². The number of amides is 1. The zero-order chi connectivity index (χ0) is 12.5. The van der Waals surface area contributed by atoms with Crippen molar-refractivity contribution in [2.45, 2.75) is 37.8 Å². The van der Waals surface area contributed by atoms with Crippen LogP contribution in [0.1, 0.15) is 35.4 Å². The van der Waals surface area contributed by atoms with Crippen molar-refractivity contribution in [3.05, 3.63) is 22.4 Å². The fourth-order valence-electron chi connectivity index (χ4n) is 2.40. The molecule has 1 aliphatic carbocycles. The summed E-state index contributed by atoms with van der Waals surface area (Å²) >= 11 is 3.17. The Hall–Kier alpha value is -0.910. The van der Waals surface area contributed by atoms with Crippen molar-refractivity contribution < 1.29 is 9.90 Å². The summed E-state index contributed by atoms with van der Waals surface area (Å²) in [5.41, 5.74) is 0. The third-order valence-corrected chi connectivity index (χ3v) is 5.50. The predicted octanol–water partition coefficient (Wildman–Crippen LogP) is 3.00. The fraction of sp³-hybridized carbons (Fsp3) is 0.462. The van der Waals surface area contributed by atoms with Crippen LogP contribution in [-0.4, -0.2) is 23.2 Å². The number of hydrogen-bond acceptors (Lipinski definition) is 4. The van der Waals surface area contributed by atoms with Crippen LogP contribution in [0.5, 0.6) is 0 Å². The zero-order valence-electron chi connectivity index (χ0n) is 9.89. The topological polar surface area (TPSA) is 49.3 Å². The molecule has 0 aliphatic heterocycles. The molecule has 5 heteroatoms. The summed E-state index contributed by atoms with van der Waals surface area (Å²) in [6, 6.07) is 3.90. The van der Waals surface area contributed by atoms with Crippen LogP contribution >= 0.6 is 22.7 Å². The van der Waals surface area contributed by atoms with E-state index >= 15 is 0 Å². The molecule has 1 saturated carbocycles. The fourth-order valence-corrected chi connectivity index (χ4v) is 4.41. The number of nitrogens with one attached hydrogen (secondary N) is 1. The lowest BCUT2D eigenvalue weighted by Crippen LogP contribution is -2.44. The van der Waals surface area contributed by atoms with Gasteiger partial charge in [0.2, 0.25) is 0 Å². The highest BCUT2D eigenvalue weighted by atomic mass is 32.1. The quantitative estimate of drug-likeness (QED) is 0.889. The van der Waals surface area contributed by atoms with Gasteiger partial charge in [-0.3, -0.25) is 4.79 Å². The minimum absolute atomic E-state index is 0.0469. The second-order valence-corrected chi connectivity index (χ2v) is 6.72. The Morgan fingerprint density at radius 3 is 2.94 bits per heavy atom. The number of carbonyl (C=O) groups excluding carboxylic acids is 1. The van der Waals surface area contributed by atoms with Crippen molar-refractivity contribution in [3.8, 4) is 0 Å². The van der Waals surface area contributed by atoms with E-state index in [0.717, 1.165) is 40.0 Å². The zero-order valence-corrected chi connectivity index (χ0v) is 11.5. The Bertz CT molecular complexity index is 532. The molecule has 0 bridgehead atoms. The Morgan fingerprint density at radius 2 is 2.17 bits per heavy atom. The van der Waals surface area contributed by atoms with E-state index in [1.165, 1.54) is 11.3 Å². The van der Waals surface area contributed by atoms with Gasteiger partial charge in [0.05, 0.1) is 17.0 Å². The highest BCUT2D eigenvalue weighted by Gasteiger charge is 2.25. The first-order chi connectivity index (χ1) is 8.74. The van der Waals surface area contributed by atoms with Crippen LogP contribution in [0.25, 0.3) is 9.40 Å². The molecular formula is C13H15NO2S2. The largest absolute Gasteiger partial charge is 0.391 e. The van der Waals surface area contributed by atoms with Crippen molar-refractivity contribution in [2.24, 2.45) is 0 Å². The van der Waals surface area contributed by atoms with Crippen LogP contribution in [-0.2, 0) is 0 Å². The lowest BCUT2D eigenvalue weighted by molar-refractivity contribution is 0.0720. The van der Waals surface area contributed by atoms with Gasteiger partial charge in [0.1, 0.15) is 0 Å². The third kappa shape index (κ3) is 2.30. The Kier molecular flexibility index (Phi) is 3.37. The molecule has 2 atom stereocenters. The number of aliphatic hydroxyl groups excluding tert-OH is 1. The average molecular weight is 281 g/mol. The van der Waals surface area contributed by atoms with Crippen LogP contribution in [0, 0.1) is 0 Å². The van der Waals surface area contributed by atoms with Gasteiger partial charge in [-0.2, -0.15) is 0 Å². The van der Waals surface area contributed by atoms with E-state index in [0.29, 0.717) is 0 Å². The molecule has 0 saturated heterocycles. The first-order valence-corrected chi connectivity index (χ1v) is 7.89. The van der Waals surface area contributed by atoms with Gasteiger partial charge >= 0.3 is 0 Å². The van der Waals surface area contributed by atoms with Crippen molar-refractivity contribution in [3.63, 3.8) is 0 Å². The first-order valence-electron chi connectivity index (χ1n) is 6.20. The van der Waals surface area contributed by atoms with Crippen LogP contribution < -0.4 is 5.32 Å². The van der Waals surface area contributed by atoms with Gasteiger partial charge in [-0.25, -0.2) is 0 Å². The number of hydrogen-bond donors (Lipinski definition) is 2. The van der Waals surface area contributed by atoms with Gasteiger partial charge in [-0.05, 0) is 30.4 Å². The van der Waals surface area contributed by atoms with E-state index in [-0.39, 0.29) is 18.1 Å². The molecule has 0 spiro atoms. The van der Waals surface area contributed by atoms with Crippen molar-refractivity contribution in [1.82, 2.24) is 5.32 Å². The minimum Gasteiger partial charge on any atom is -0.391 e. The standard InChI is InChI=1S/C13H15NO2S2/c15-9-4-2-1-3-8(9)14-13(16)12-7-11-10(18-12)5-6-17-11/h5-9,15H,1-4H2,(H,14,16). The second-order valence-electron chi connectivity index (χ2n) is 4.69. The Labute approximate surface area is 113 Å². The van der Waals surface area contributed by atoms with Gasteiger partial charge in [-0.15, -0.1) is 22.7 Å². The molecule has 2 N–H and O–H groups in total. The molecular weight excluding hydrogens is 266 g/mol. The van der Waals surface area contributed by atoms with E-state index in [2.05, 4.69) is 5.32 Å². The summed E-state index contributed by atoms with van der Waals surface area (Å²) < 4.78 is 2.32. The normalized spacial score (nSPS) is 24.3. The molecule has 2 unspecified atom stereocenters. The Balaban J connectivity index is 1.72. The molecule has 0 aromatic carbocycles.